The molecular weight excluding hydrogens is 392 g/mol. The van der Waals surface area contributed by atoms with Crippen molar-refractivity contribution in [1.29, 1.82) is 0 Å². The van der Waals surface area contributed by atoms with Gasteiger partial charge in [-0.3, -0.25) is 0 Å². The first-order valence-corrected chi connectivity index (χ1v) is 10.6. The van der Waals surface area contributed by atoms with Crippen molar-refractivity contribution in [3.05, 3.63) is 48.3 Å². The molecule has 1 aliphatic heterocycles. The van der Waals surface area contributed by atoms with Crippen molar-refractivity contribution in [2.45, 2.75) is 45.2 Å². The van der Waals surface area contributed by atoms with Crippen molar-refractivity contribution >= 4 is 12.0 Å². The summed E-state index contributed by atoms with van der Waals surface area (Å²) in [6, 6.07) is 6.70. The fourth-order valence-corrected chi connectivity index (χ4v) is 4.34. The molecule has 2 N–H and O–H groups in total. The number of imidazole rings is 1. The van der Waals surface area contributed by atoms with E-state index in [0.717, 1.165) is 36.3 Å². The number of H-pyrrole nitrogens is 1. The molecule has 1 saturated carbocycles. The zero-order valence-electron chi connectivity index (χ0n) is 18.1. The number of benzene rings is 1. The van der Waals surface area contributed by atoms with Crippen LogP contribution in [-0.4, -0.2) is 46.6 Å². The number of nitrogens with zero attached hydrogens (tertiary/aromatic N) is 2. The Hall–Kier alpha value is -3.05. The van der Waals surface area contributed by atoms with Gasteiger partial charge in [0.2, 0.25) is 0 Å². The summed E-state index contributed by atoms with van der Waals surface area (Å²) >= 11 is 0. The van der Waals surface area contributed by atoms with Crippen LogP contribution in [0.25, 0.3) is 11.3 Å². The minimum atomic E-state index is -0.650. The molecule has 160 valence electrons. The molecule has 2 heterocycles. The molecule has 4 rings (SSSR count). The van der Waals surface area contributed by atoms with Crippen LogP contribution in [0.1, 0.15) is 50.5 Å². The molecule has 7 heteroatoms. The maximum absolute atomic E-state index is 13.5. The fourth-order valence-electron chi connectivity index (χ4n) is 4.34. The van der Waals surface area contributed by atoms with Crippen LogP contribution in [0.2, 0.25) is 0 Å². The number of hydrogen-bond acceptors (Lipinski definition) is 4. The molecule has 1 aromatic heterocycles. The monoisotopic (exact) mass is 419 g/mol. The molecule has 2 aromatic rings. The molecule has 0 radical (unpaired) electrons. The van der Waals surface area contributed by atoms with E-state index >= 15 is 0 Å². The molecule has 1 saturated heterocycles. The molecule has 1 aromatic carbocycles. The Balaban J connectivity index is 1.59. The van der Waals surface area contributed by atoms with Gasteiger partial charge in [0.05, 0.1) is 7.11 Å². The van der Waals surface area contributed by atoms with Gasteiger partial charge in [-0.1, -0.05) is 13.8 Å². The summed E-state index contributed by atoms with van der Waals surface area (Å²) in [7, 11) is 1.30. The fraction of sp³-hybridized carbons (Fsp3) is 0.458. The second kappa shape index (κ2) is 8.23. The third-order valence-electron chi connectivity index (χ3n) is 6.39. The third kappa shape index (κ3) is 4.23. The maximum atomic E-state index is 13.5. The van der Waals surface area contributed by atoms with Gasteiger partial charge in [-0.15, -0.1) is 0 Å². The number of methoxy groups -OCH3 is 1. The first-order valence-electron chi connectivity index (χ1n) is 10.6. The van der Waals surface area contributed by atoms with Crippen LogP contribution in [0, 0.1) is 23.7 Å². The number of aromatic nitrogens is 2. The SMILES string of the molecule is [C+]#Cc1ccc(-c2cnc([C@@H]3CC4(CC4)CN3C(=O)[C@@H](NC(=O)OC)C(C)C)[nH]2)cc1. The molecule has 2 fully saturated rings. The van der Waals surface area contributed by atoms with Crippen LogP contribution < -0.4 is 5.32 Å². The zero-order chi connectivity index (χ0) is 22.2. The predicted molar refractivity (Wildman–Crippen MR) is 115 cm³/mol. The van der Waals surface area contributed by atoms with E-state index in [2.05, 4.69) is 21.2 Å². The van der Waals surface area contributed by atoms with E-state index in [1.807, 2.05) is 43.0 Å². The Morgan fingerprint density at radius 3 is 2.61 bits per heavy atom. The third-order valence-corrected chi connectivity index (χ3v) is 6.39. The molecule has 2 amide bonds. The average Bonchev–Trinajstić information content (AvgIpc) is 3.18. The first kappa shape index (κ1) is 21.2. The summed E-state index contributed by atoms with van der Waals surface area (Å²) in [4.78, 5) is 35.2. The number of aromatic amines is 1. The number of carbonyl (C=O) groups excluding carboxylic acids is 2. The normalized spacial score (nSPS) is 19.9. The summed E-state index contributed by atoms with van der Waals surface area (Å²) in [5.74, 6) is 2.96. The number of amides is 2. The molecule has 2 aliphatic rings. The first-order chi connectivity index (χ1) is 14.9. The quantitative estimate of drug-likeness (QED) is 0.574. The van der Waals surface area contributed by atoms with Crippen molar-refractivity contribution in [3.8, 4) is 17.2 Å². The van der Waals surface area contributed by atoms with Crippen LogP contribution in [0.3, 0.4) is 0 Å². The zero-order valence-corrected chi connectivity index (χ0v) is 18.1. The number of likely N-dealkylation sites (tertiary alicyclic amines) is 1. The van der Waals surface area contributed by atoms with E-state index in [1.165, 1.54) is 7.11 Å². The van der Waals surface area contributed by atoms with Gasteiger partial charge >= 0.3 is 140 Å². The van der Waals surface area contributed by atoms with Crippen LogP contribution >= 0.6 is 0 Å². The molecule has 0 unspecified atom stereocenters. The van der Waals surface area contributed by atoms with Gasteiger partial charge in [0.15, 0.2) is 0 Å². The van der Waals surface area contributed by atoms with Crippen molar-refractivity contribution in [3.63, 3.8) is 0 Å². The number of ether oxygens (including phenoxy) is 1. The van der Waals surface area contributed by atoms with Crippen LogP contribution in [-0.2, 0) is 9.53 Å². The molecular formula is C24H27N4O3+. The van der Waals surface area contributed by atoms with Gasteiger partial charge in [-0.2, -0.15) is 0 Å². The van der Waals surface area contributed by atoms with Crippen molar-refractivity contribution in [2.24, 2.45) is 11.3 Å². The van der Waals surface area contributed by atoms with Gasteiger partial charge in [0, 0.05) is 0 Å². The summed E-state index contributed by atoms with van der Waals surface area (Å²) in [6.45, 7) is 4.51. The van der Waals surface area contributed by atoms with Gasteiger partial charge < -0.3 is 10.1 Å². The van der Waals surface area contributed by atoms with E-state index in [4.69, 9.17) is 11.2 Å². The molecule has 2 atom stereocenters. The second-order valence-corrected chi connectivity index (χ2v) is 8.93. The average molecular weight is 420 g/mol. The molecule has 31 heavy (non-hydrogen) atoms. The van der Waals surface area contributed by atoms with E-state index in [9.17, 15) is 9.59 Å². The number of carbonyl (C=O) groups is 2. The summed E-state index contributed by atoms with van der Waals surface area (Å²) in [6.07, 6.45) is 11.5. The Bertz CT molecular complexity index is 1010. The minimum absolute atomic E-state index is 0.0701. The number of rotatable bonds is 5. The van der Waals surface area contributed by atoms with Gasteiger partial charge in [0.25, 0.3) is 0 Å². The van der Waals surface area contributed by atoms with Crippen molar-refractivity contribution < 1.29 is 14.3 Å². The summed E-state index contributed by atoms with van der Waals surface area (Å²) < 4.78 is 4.72. The number of nitrogens with one attached hydrogen (secondary N) is 2. The molecule has 0 bridgehead atoms. The molecule has 1 aliphatic carbocycles. The standard InChI is InChI=1S/C24H26N4O3/c1-5-16-6-8-17(9-7-16)18-13-25-21(26-18)19-12-24(10-11-24)14-28(19)22(29)20(15(2)3)27-23(30)31-4/h6-9,13,15,19-20H,10-12,14H2,2-4H3,(H-,25,26,27,30)/p+1/t19-,20-/m0/s1. The van der Waals surface area contributed by atoms with Gasteiger partial charge in [-0.05, 0) is 5.92 Å². The number of alkyl carbamates (subject to hydrolysis) is 1. The van der Waals surface area contributed by atoms with E-state index in [-0.39, 0.29) is 23.3 Å². The van der Waals surface area contributed by atoms with Crippen molar-refractivity contribution in [1.82, 2.24) is 20.2 Å². The second-order valence-electron chi connectivity index (χ2n) is 8.93. The number of hydrogen-bond donors (Lipinski definition) is 2. The molecule has 7 nitrogen and oxygen atoms in total. The topological polar surface area (TPSA) is 87.3 Å². The van der Waals surface area contributed by atoms with Crippen LogP contribution in [0.5, 0.6) is 0 Å². The van der Waals surface area contributed by atoms with E-state index in [0.29, 0.717) is 12.1 Å². The molecule has 1 spiro atoms. The van der Waals surface area contributed by atoms with Crippen LogP contribution in [0.4, 0.5) is 4.79 Å². The summed E-state index contributed by atoms with van der Waals surface area (Å²) in [5.41, 5.74) is 2.71. The Morgan fingerprint density at radius 1 is 1.32 bits per heavy atom. The summed E-state index contributed by atoms with van der Waals surface area (Å²) in [5, 5.41) is 2.70. The Morgan fingerprint density at radius 2 is 2.03 bits per heavy atom. The van der Waals surface area contributed by atoms with Crippen LogP contribution in [0.15, 0.2) is 30.5 Å². The van der Waals surface area contributed by atoms with Crippen molar-refractivity contribution in [2.75, 3.05) is 13.7 Å². The van der Waals surface area contributed by atoms with E-state index < -0.39 is 12.1 Å². The van der Waals surface area contributed by atoms with E-state index in [1.54, 1.807) is 6.20 Å². The Labute approximate surface area is 182 Å². The van der Waals surface area contributed by atoms with Gasteiger partial charge in [0.1, 0.15) is 0 Å². The Kier molecular flexibility index (Phi) is 5.63. The predicted octanol–water partition coefficient (Wildman–Crippen LogP) is 3.45. The van der Waals surface area contributed by atoms with Gasteiger partial charge in [-0.25, -0.2) is 4.79 Å².